The molecule has 0 nitrogen and oxygen atoms in total. The van der Waals surface area contributed by atoms with Gasteiger partial charge in [0, 0.05) is 16.8 Å². The van der Waals surface area contributed by atoms with E-state index in [0.717, 1.165) is 0 Å². The van der Waals surface area contributed by atoms with E-state index >= 15 is 0 Å². The molecule has 0 fully saturated rings. The molecule has 0 saturated carbocycles. The van der Waals surface area contributed by atoms with E-state index in [4.69, 9.17) is 0 Å². The fourth-order valence-electron chi connectivity index (χ4n) is 0.962. The molecule has 0 spiro atoms. The minimum absolute atomic E-state index is 0. The van der Waals surface area contributed by atoms with Gasteiger partial charge in [-0.1, -0.05) is 0 Å². The summed E-state index contributed by atoms with van der Waals surface area (Å²) in [7, 11) is 0. The van der Waals surface area contributed by atoms with Gasteiger partial charge in [0.25, 0.3) is 0 Å². The van der Waals surface area contributed by atoms with E-state index in [2.05, 4.69) is 0 Å². The second-order valence-corrected chi connectivity index (χ2v) is 2.89. The molecule has 0 atom stereocenters. The SMILES string of the molecule is [Co+2].[Co].c1cc[cH-]c1.c1cc[cH-]c1.c1cc[cH-]c1. The number of rotatable bonds is 0. The Kier molecular flexibility index (Phi) is 16.3. The molecule has 0 bridgehead atoms. The molecule has 0 saturated heterocycles. The Morgan fingerprint density at radius 3 is 0.647 bits per heavy atom. The van der Waals surface area contributed by atoms with Gasteiger partial charge in [-0.2, -0.15) is 54.6 Å². The van der Waals surface area contributed by atoms with Crippen molar-refractivity contribution in [3.05, 3.63) is 91.0 Å². The smallest absolute Gasteiger partial charge is 0.214 e. The molecule has 17 heavy (non-hydrogen) atoms. The van der Waals surface area contributed by atoms with Crippen molar-refractivity contribution in [2.45, 2.75) is 0 Å². The summed E-state index contributed by atoms with van der Waals surface area (Å²) < 4.78 is 0. The topological polar surface area (TPSA) is 0 Å². The van der Waals surface area contributed by atoms with Crippen molar-refractivity contribution < 1.29 is 33.6 Å². The molecule has 3 aromatic carbocycles. The molecular weight excluding hydrogens is 298 g/mol. The van der Waals surface area contributed by atoms with Gasteiger partial charge in [-0.05, 0) is 0 Å². The Bertz CT molecular complexity index is 241. The van der Waals surface area contributed by atoms with Crippen molar-refractivity contribution in [1.29, 1.82) is 0 Å². The third kappa shape index (κ3) is 13.0. The molecule has 0 aliphatic heterocycles. The van der Waals surface area contributed by atoms with E-state index in [0.29, 0.717) is 0 Å². The van der Waals surface area contributed by atoms with Crippen LogP contribution in [0.2, 0.25) is 0 Å². The Labute approximate surface area is 124 Å². The van der Waals surface area contributed by atoms with Crippen molar-refractivity contribution in [2.24, 2.45) is 0 Å². The Hall–Kier alpha value is -0.937. The second kappa shape index (κ2) is 15.1. The summed E-state index contributed by atoms with van der Waals surface area (Å²) in [5.41, 5.74) is 0. The molecule has 0 N–H and O–H groups in total. The van der Waals surface area contributed by atoms with E-state index in [1.54, 1.807) is 0 Å². The zero-order chi connectivity index (χ0) is 10.6. The molecule has 0 amide bonds. The van der Waals surface area contributed by atoms with Crippen LogP contribution in [0.4, 0.5) is 0 Å². The summed E-state index contributed by atoms with van der Waals surface area (Å²) in [6.45, 7) is 0. The Morgan fingerprint density at radius 1 is 0.412 bits per heavy atom. The maximum absolute atomic E-state index is 2.00. The predicted octanol–water partition coefficient (Wildman–Crippen LogP) is 4.21. The first-order chi connectivity index (χ1) is 7.50. The zero-order valence-corrected chi connectivity index (χ0v) is 11.4. The van der Waals surface area contributed by atoms with Crippen LogP contribution in [-0.2, 0) is 33.6 Å². The maximum atomic E-state index is 2.00. The van der Waals surface area contributed by atoms with Crippen molar-refractivity contribution in [3.8, 4) is 0 Å². The van der Waals surface area contributed by atoms with Crippen LogP contribution < -0.4 is 0 Å². The van der Waals surface area contributed by atoms with Crippen LogP contribution in [0.1, 0.15) is 0 Å². The average molecular weight is 313 g/mol. The molecule has 0 aromatic heterocycles. The van der Waals surface area contributed by atoms with Crippen molar-refractivity contribution in [3.63, 3.8) is 0 Å². The van der Waals surface area contributed by atoms with Crippen LogP contribution in [0.5, 0.6) is 0 Å². The van der Waals surface area contributed by atoms with E-state index in [-0.39, 0.29) is 33.6 Å². The minimum Gasteiger partial charge on any atom is -0.214 e. The normalized spacial score (nSPS) is 7.06. The molecule has 0 aliphatic carbocycles. The van der Waals surface area contributed by atoms with Gasteiger partial charge in [0.15, 0.2) is 0 Å². The third-order valence-electron chi connectivity index (χ3n) is 1.67. The van der Waals surface area contributed by atoms with Gasteiger partial charge in [0.2, 0.25) is 0 Å². The van der Waals surface area contributed by atoms with Gasteiger partial charge in [0.05, 0.1) is 0 Å². The van der Waals surface area contributed by atoms with Crippen LogP contribution in [-0.4, -0.2) is 0 Å². The van der Waals surface area contributed by atoms with E-state index in [1.165, 1.54) is 0 Å². The monoisotopic (exact) mass is 313 g/mol. The molecule has 0 unspecified atom stereocenters. The first-order valence-electron chi connectivity index (χ1n) is 5.00. The van der Waals surface area contributed by atoms with Crippen LogP contribution >= 0.6 is 0 Å². The summed E-state index contributed by atoms with van der Waals surface area (Å²) in [6.07, 6.45) is 0. The van der Waals surface area contributed by atoms with Gasteiger partial charge in [-0.15, -0.1) is 0 Å². The minimum atomic E-state index is 0. The van der Waals surface area contributed by atoms with Gasteiger partial charge in [0.1, 0.15) is 0 Å². The summed E-state index contributed by atoms with van der Waals surface area (Å²) in [5, 5.41) is 0. The van der Waals surface area contributed by atoms with Crippen LogP contribution in [0.3, 0.4) is 0 Å². The largest absolute Gasteiger partial charge is 2.00 e. The molecule has 0 heterocycles. The Morgan fingerprint density at radius 2 is 0.588 bits per heavy atom. The van der Waals surface area contributed by atoms with E-state index < -0.39 is 0 Å². The summed E-state index contributed by atoms with van der Waals surface area (Å²) in [5.74, 6) is 0. The fourth-order valence-corrected chi connectivity index (χ4v) is 0.962. The van der Waals surface area contributed by atoms with Gasteiger partial charge in [-0.3, -0.25) is 0 Å². The first kappa shape index (κ1) is 18.4. The number of hydrogen-bond acceptors (Lipinski definition) is 0. The molecule has 94 valence electrons. The second-order valence-electron chi connectivity index (χ2n) is 2.89. The molecule has 0 aliphatic rings. The number of hydrogen-bond donors (Lipinski definition) is 0. The quantitative estimate of drug-likeness (QED) is 0.545. The van der Waals surface area contributed by atoms with Crippen LogP contribution in [0.15, 0.2) is 91.0 Å². The Balaban J connectivity index is 0. The fraction of sp³-hybridized carbons (Fsp3) is 0. The van der Waals surface area contributed by atoms with Gasteiger partial charge < -0.3 is 0 Å². The predicted molar refractivity (Wildman–Crippen MR) is 66.1 cm³/mol. The van der Waals surface area contributed by atoms with Crippen LogP contribution in [0, 0.1) is 0 Å². The molecule has 2 radical (unpaired) electrons. The van der Waals surface area contributed by atoms with Crippen molar-refractivity contribution in [2.75, 3.05) is 0 Å². The van der Waals surface area contributed by atoms with Gasteiger partial charge in [-0.25, -0.2) is 36.4 Å². The van der Waals surface area contributed by atoms with Crippen molar-refractivity contribution in [1.82, 2.24) is 0 Å². The molecule has 3 aromatic rings. The summed E-state index contributed by atoms with van der Waals surface area (Å²) in [4.78, 5) is 0. The van der Waals surface area contributed by atoms with E-state index in [9.17, 15) is 0 Å². The van der Waals surface area contributed by atoms with Gasteiger partial charge >= 0.3 is 16.8 Å². The molecule has 3 rings (SSSR count). The first-order valence-corrected chi connectivity index (χ1v) is 5.00. The zero-order valence-electron chi connectivity index (χ0n) is 9.33. The van der Waals surface area contributed by atoms with Crippen molar-refractivity contribution >= 4 is 0 Å². The summed E-state index contributed by atoms with van der Waals surface area (Å²) >= 11 is 0. The molecule has 2 heteroatoms. The maximum Gasteiger partial charge on any atom is 2.00 e. The standard InChI is InChI=1S/3C5H5.2Co/c3*1-2-4-5-3-1;;/h3*1-5H;;/q3*-1;;+2. The average Bonchev–Trinajstić information content (AvgIpc) is 3.09. The molecular formula is C15H15Co2-. The van der Waals surface area contributed by atoms with Crippen LogP contribution in [0.25, 0.3) is 0 Å². The summed E-state index contributed by atoms with van der Waals surface area (Å²) in [6, 6.07) is 30.0. The third-order valence-corrected chi connectivity index (χ3v) is 1.67. The van der Waals surface area contributed by atoms with E-state index in [1.807, 2.05) is 91.0 Å².